The Kier molecular flexibility index (Phi) is 12.0. The van der Waals surface area contributed by atoms with Crippen LogP contribution in [0.5, 0.6) is 0 Å². The zero-order valence-corrected chi connectivity index (χ0v) is 11.9. The van der Waals surface area contributed by atoms with Gasteiger partial charge in [-0.1, -0.05) is 38.7 Å². The van der Waals surface area contributed by atoms with E-state index in [-0.39, 0.29) is 6.54 Å². The Morgan fingerprint density at radius 3 is 2.11 bits per heavy atom. The molecule has 0 amide bonds. The fourth-order valence-corrected chi connectivity index (χ4v) is 1.66. The lowest BCUT2D eigenvalue weighted by molar-refractivity contribution is -0.697. The lowest BCUT2D eigenvalue weighted by atomic mass is 10.1. The number of aryl methyl sites for hydroxylation is 1. The van der Waals surface area contributed by atoms with Crippen molar-refractivity contribution in [3.63, 3.8) is 0 Å². The van der Waals surface area contributed by atoms with E-state index >= 15 is 0 Å². The number of aliphatic carboxylic acids is 1. The van der Waals surface area contributed by atoms with Crippen LogP contribution in [0.25, 0.3) is 0 Å². The van der Waals surface area contributed by atoms with Crippen molar-refractivity contribution in [3.05, 3.63) is 30.6 Å². The van der Waals surface area contributed by atoms with Crippen LogP contribution in [0.15, 0.2) is 30.6 Å². The Bertz CT molecular complexity index is 315. The van der Waals surface area contributed by atoms with Gasteiger partial charge in [0.1, 0.15) is 6.54 Å². The molecular weight excluding hydrogens is 240 g/mol. The molecule has 1 aromatic rings. The normalized spacial score (nSPS) is 9.58. The van der Waals surface area contributed by atoms with Crippen molar-refractivity contribution >= 4 is 5.97 Å². The zero-order chi connectivity index (χ0) is 14.3. The second-order valence-electron chi connectivity index (χ2n) is 4.46. The molecule has 0 radical (unpaired) electrons. The molecule has 1 rings (SSSR count). The first kappa shape index (κ1) is 17.6. The molecule has 0 bridgehead atoms. The number of hydrogen-bond donors (Lipinski definition) is 1. The topological polar surface area (TPSA) is 70.0 Å². The molecule has 4 nitrogen and oxygen atoms in total. The molecule has 0 aliphatic rings. The molecule has 19 heavy (non-hydrogen) atoms. The Labute approximate surface area is 116 Å². The quantitative estimate of drug-likeness (QED) is 0.564. The number of rotatable bonds is 8. The highest BCUT2D eigenvalue weighted by molar-refractivity contribution is 5.66. The van der Waals surface area contributed by atoms with Gasteiger partial charge in [0.25, 0.3) is 0 Å². The maximum absolute atomic E-state index is 9.13. The lowest BCUT2D eigenvalue weighted by Crippen LogP contribution is -2.32. The Morgan fingerprint density at radius 1 is 1.05 bits per heavy atom. The van der Waals surface area contributed by atoms with Crippen molar-refractivity contribution in [1.29, 1.82) is 0 Å². The van der Waals surface area contributed by atoms with Crippen LogP contribution in [0.2, 0.25) is 0 Å². The summed E-state index contributed by atoms with van der Waals surface area (Å²) in [5.74, 6) is -1.22. The van der Waals surface area contributed by atoms with Crippen molar-refractivity contribution in [2.45, 2.75) is 52.0 Å². The van der Waals surface area contributed by atoms with Gasteiger partial charge in [-0.05, 0) is 6.42 Å². The van der Waals surface area contributed by atoms with Gasteiger partial charge in [-0.3, -0.25) is 0 Å². The average Bonchev–Trinajstić information content (AvgIpc) is 2.44. The number of carboxylic acids is 1. The predicted molar refractivity (Wildman–Crippen MR) is 74.1 cm³/mol. The summed E-state index contributed by atoms with van der Waals surface area (Å²) < 4.78 is 2.26. The number of aromatic nitrogens is 1. The van der Waals surface area contributed by atoms with E-state index in [2.05, 4.69) is 47.8 Å². The van der Waals surface area contributed by atoms with Gasteiger partial charge in [0.2, 0.25) is 0 Å². The second-order valence-corrected chi connectivity index (χ2v) is 4.46. The van der Waals surface area contributed by atoms with Gasteiger partial charge >= 0.3 is 0 Å². The average molecular weight is 266 g/mol. The van der Waals surface area contributed by atoms with E-state index in [0.29, 0.717) is 0 Å². The highest BCUT2D eigenvalue weighted by Crippen LogP contribution is 2.04. The molecule has 0 saturated heterocycles. The maximum atomic E-state index is 9.13. The summed E-state index contributed by atoms with van der Waals surface area (Å²) in [6.45, 7) is 3.05. The smallest absolute Gasteiger partial charge is 0.168 e. The number of carbonyl (C=O) groups excluding carboxylic acids is 1. The largest absolute Gasteiger partial charge is 0.549 e. The SMILES string of the molecule is CCCCCCCC[n+]1ccccc1.NCC(=O)[O-]. The van der Waals surface area contributed by atoms with Crippen LogP contribution in [0.4, 0.5) is 0 Å². The number of nitrogens with two attached hydrogens (primary N) is 1. The molecule has 1 heterocycles. The number of nitrogens with zero attached hydrogens (tertiary/aromatic N) is 1. The minimum absolute atomic E-state index is 0.389. The Morgan fingerprint density at radius 2 is 1.58 bits per heavy atom. The molecule has 0 saturated carbocycles. The number of carbonyl (C=O) groups is 1. The molecule has 2 N–H and O–H groups in total. The molecule has 0 aliphatic heterocycles. The first-order valence-electron chi connectivity index (χ1n) is 7.04. The zero-order valence-electron chi connectivity index (χ0n) is 11.9. The Hall–Kier alpha value is -1.42. The van der Waals surface area contributed by atoms with E-state index < -0.39 is 5.97 Å². The minimum atomic E-state index is -1.22. The van der Waals surface area contributed by atoms with Gasteiger partial charge < -0.3 is 15.6 Å². The summed E-state index contributed by atoms with van der Waals surface area (Å²) in [5.41, 5.74) is 4.51. The first-order valence-corrected chi connectivity index (χ1v) is 7.04. The van der Waals surface area contributed by atoms with E-state index in [0.717, 1.165) is 0 Å². The molecule has 0 atom stereocenters. The third kappa shape index (κ3) is 12.8. The fraction of sp³-hybridized carbons (Fsp3) is 0.600. The molecule has 0 fully saturated rings. The predicted octanol–water partition coefficient (Wildman–Crippen LogP) is 1.03. The van der Waals surface area contributed by atoms with Gasteiger partial charge in [0, 0.05) is 25.1 Å². The van der Waals surface area contributed by atoms with E-state index in [9.17, 15) is 0 Å². The summed E-state index contributed by atoms with van der Waals surface area (Å²) in [5, 5.41) is 9.13. The van der Waals surface area contributed by atoms with Crippen LogP contribution >= 0.6 is 0 Å². The number of carboxylic acid groups (broad SMARTS) is 1. The third-order valence-electron chi connectivity index (χ3n) is 2.71. The molecule has 4 heteroatoms. The summed E-state index contributed by atoms with van der Waals surface area (Å²) >= 11 is 0. The van der Waals surface area contributed by atoms with Crippen molar-refractivity contribution in [2.75, 3.05) is 6.54 Å². The first-order chi connectivity index (χ1) is 9.20. The third-order valence-corrected chi connectivity index (χ3v) is 2.71. The monoisotopic (exact) mass is 266 g/mol. The van der Waals surface area contributed by atoms with Gasteiger partial charge in [0.05, 0.1) is 5.97 Å². The van der Waals surface area contributed by atoms with Gasteiger partial charge in [-0.25, -0.2) is 4.57 Å². The van der Waals surface area contributed by atoms with Crippen molar-refractivity contribution < 1.29 is 14.5 Å². The second kappa shape index (κ2) is 13.0. The molecule has 0 unspecified atom stereocenters. The summed E-state index contributed by atoms with van der Waals surface area (Å²) in [4.78, 5) is 9.13. The van der Waals surface area contributed by atoms with E-state index in [4.69, 9.17) is 9.90 Å². The van der Waals surface area contributed by atoms with Crippen LogP contribution in [-0.2, 0) is 11.3 Å². The van der Waals surface area contributed by atoms with E-state index in [1.165, 1.54) is 45.1 Å². The van der Waals surface area contributed by atoms with Crippen LogP contribution in [0.1, 0.15) is 45.4 Å². The van der Waals surface area contributed by atoms with Crippen molar-refractivity contribution in [2.24, 2.45) is 5.73 Å². The van der Waals surface area contributed by atoms with Crippen LogP contribution < -0.4 is 15.4 Å². The Balaban J connectivity index is 0.000000555. The number of hydrogen-bond acceptors (Lipinski definition) is 3. The van der Waals surface area contributed by atoms with E-state index in [1.54, 1.807) is 0 Å². The molecule has 1 aromatic heterocycles. The molecule has 108 valence electrons. The standard InChI is InChI=1S/C13H22N.C2H5NO2/c1-2-3-4-5-6-8-11-14-12-9-7-10-13-14;3-1-2(4)5/h7,9-10,12-13H,2-6,8,11H2,1H3;1,3H2,(H,4,5)/q+1;/p-1. The number of pyridine rings is 1. The molecular formula is C15H26N2O2. The maximum Gasteiger partial charge on any atom is 0.168 e. The van der Waals surface area contributed by atoms with Crippen molar-refractivity contribution in [1.82, 2.24) is 0 Å². The van der Waals surface area contributed by atoms with Gasteiger partial charge in [-0.2, -0.15) is 0 Å². The van der Waals surface area contributed by atoms with Crippen LogP contribution in [0, 0.1) is 0 Å². The van der Waals surface area contributed by atoms with Crippen molar-refractivity contribution in [3.8, 4) is 0 Å². The van der Waals surface area contributed by atoms with Crippen LogP contribution in [0.3, 0.4) is 0 Å². The van der Waals surface area contributed by atoms with Gasteiger partial charge in [-0.15, -0.1) is 0 Å². The van der Waals surface area contributed by atoms with Crippen LogP contribution in [-0.4, -0.2) is 12.5 Å². The molecule has 0 aromatic carbocycles. The van der Waals surface area contributed by atoms with E-state index in [1.807, 2.05) is 0 Å². The van der Waals surface area contributed by atoms with Gasteiger partial charge in [0.15, 0.2) is 12.4 Å². The molecule has 0 aliphatic carbocycles. The summed E-state index contributed by atoms with van der Waals surface area (Å²) in [6.07, 6.45) is 12.5. The summed E-state index contributed by atoms with van der Waals surface area (Å²) in [7, 11) is 0. The highest BCUT2D eigenvalue weighted by Gasteiger charge is 1.96. The number of unbranched alkanes of at least 4 members (excludes halogenated alkanes) is 5. The summed E-state index contributed by atoms with van der Waals surface area (Å²) in [6, 6.07) is 6.26. The fourth-order valence-electron chi connectivity index (χ4n) is 1.66. The minimum Gasteiger partial charge on any atom is -0.549 e. The lowest BCUT2D eigenvalue weighted by Gasteiger charge is -1.98. The highest BCUT2D eigenvalue weighted by atomic mass is 16.4. The molecule has 0 spiro atoms.